The summed E-state index contributed by atoms with van der Waals surface area (Å²) >= 11 is 0. The molecule has 0 aliphatic carbocycles. The molecule has 0 spiro atoms. The molecule has 0 saturated carbocycles. The Hall–Kier alpha value is -2.41. The highest BCUT2D eigenvalue weighted by Gasteiger charge is 2.27. The van der Waals surface area contributed by atoms with Gasteiger partial charge >= 0.3 is 0 Å². The minimum absolute atomic E-state index is 0. The van der Waals surface area contributed by atoms with Crippen LogP contribution in [-0.4, -0.2) is 42.2 Å². The van der Waals surface area contributed by atoms with E-state index < -0.39 is 6.10 Å². The molecule has 2 aromatic rings. The van der Waals surface area contributed by atoms with E-state index in [4.69, 9.17) is 0 Å². The fourth-order valence-corrected chi connectivity index (χ4v) is 2.92. The number of carbonyl (C=O) groups is 2. The molecule has 2 amide bonds. The molecule has 1 aliphatic heterocycles. The van der Waals surface area contributed by atoms with Crippen LogP contribution in [0.1, 0.15) is 22.3 Å². The highest BCUT2D eigenvalue weighted by Crippen LogP contribution is 2.13. The first-order valence-corrected chi connectivity index (χ1v) is 8.76. The Morgan fingerprint density at radius 3 is 2.41 bits per heavy atom. The number of aliphatic hydroxyl groups excluding tert-OH is 1. The molecule has 3 rings (SSSR count). The van der Waals surface area contributed by atoms with Crippen molar-refractivity contribution in [2.24, 2.45) is 0 Å². The van der Waals surface area contributed by atoms with Gasteiger partial charge in [0.2, 0.25) is 5.91 Å². The normalized spacial score (nSPS) is 18.4. The van der Waals surface area contributed by atoms with Crippen molar-refractivity contribution in [2.45, 2.75) is 25.0 Å². The zero-order valence-electron chi connectivity index (χ0n) is 14.9. The molecule has 7 heteroatoms. The zero-order chi connectivity index (χ0) is 18.4. The number of nitrogens with one attached hydrogen (secondary N) is 3. The summed E-state index contributed by atoms with van der Waals surface area (Å²) in [6.45, 7) is 0.997. The number of rotatable bonds is 6. The quantitative estimate of drug-likeness (QED) is 0.605. The number of anilines is 1. The molecule has 0 radical (unpaired) electrons. The van der Waals surface area contributed by atoms with Gasteiger partial charge < -0.3 is 21.1 Å². The summed E-state index contributed by atoms with van der Waals surface area (Å²) in [6, 6.07) is 16.4. The number of hydrogen-bond donors (Lipinski definition) is 4. The van der Waals surface area contributed by atoms with Gasteiger partial charge in [-0.3, -0.25) is 9.59 Å². The number of β-amino-alcohol motifs (C(OH)–C–C–N with tert-alkyl or cyclic N) is 1. The van der Waals surface area contributed by atoms with Crippen LogP contribution in [0.25, 0.3) is 0 Å². The molecular weight excluding hydrogens is 366 g/mol. The predicted octanol–water partition coefficient (Wildman–Crippen LogP) is 1.74. The second-order valence-corrected chi connectivity index (χ2v) is 6.41. The fraction of sp³-hybridized carbons (Fsp3) is 0.300. The molecule has 0 bridgehead atoms. The molecule has 27 heavy (non-hydrogen) atoms. The van der Waals surface area contributed by atoms with Crippen molar-refractivity contribution in [1.29, 1.82) is 0 Å². The molecule has 1 heterocycles. The Balaban J connectivity index is 0.00000261. The Morgan fingerprint density at radius 1 is 1.07 bits per heavy atom. The lowest BCUT2D eigenvalue weighted by Crippen LogP contribution is -2.35. The van der Waals surface area contributed by atoms with Crippen molar-refractivity contribution in [2.75, 3.05) is 18.4 Å². The summed E-state index contributed by atoms with van der Waals surface area (Å²) in [5.41, 5.74) is 2.35. The summed E-state index contributed by atoms with van der Waals surface area (Å²) < 4.78 is 0. The van der Waals surface area contributed by atoms with E-state index in [1.165, 1.54) is 5.56 Å². The van der Waals surface area contributed by atoms with Crippen LogP contribution in [0.3, 0.4) is 0 Å². The van der Waals surface area contributed by atoms with Gasteiger partial charge in [0.1, 0.15) is 0 Å². The van der Waals surface area contributed by atoms with Crippen molar-refractivity contribution in [1.82, 2.24) is 10.6 Å². The first-order chi connectivity index (χ1) is 12.6. The first kappa shape index (κ1) is 20.9. The van der Waals surface area contributed by atoms with E-state index >= 15 is 0 Å². The van der Waals surface area contributed by atoms with Crippen LogP contribution in [0.2, 0.25) is 0 Å². The summed E-state index contributed by atoms with van der Waals surface area (Å²) in [5, 5.41) is 18.1. The third-order valence-corrected chi connectivity index (χ3v) is 4.38. The third kappa shape index (κ3) is 6.06. The summed E-state index contributed by atoms with van der Waals surface area (Å²) in [5.74, 6) is -0.319. The van der Waals surface area contributed by atoms with Crippen LogP contribution >= 0.6 is 12.4 Å². The Kier molecular flexibility index (Phi) is 7.79. The summed E-state index contributed by atoms with van der Waals surface area (Å²) in [6.07, 6.45) is 0.710. The SMILES string of the molecule is Cl.O=C(NCCc1ccccc1)c1ccc(NC(=O)C2CC(O)CN2)cc1. The van der Waals surface area contributed by atoms with Crippen molar-refractivity contribution in [3.8, 4) is 0 Å². The van der Waals surface area contributed by atoms with Crippen molar-refractivity contribution in [3.63, 3.8) is 0 Å². The van der Waals surface area contributed by atoms with Crippen LogP contribution in [-0.2, 0) is 11.2 Å². The number of aliphatic hydroxyl groups is 1. The molecule has 2 aromatic carbocycles. The topological polar surface area (TPSA) is 90.5 Å². The smallest absolute Gasteiger partial charge is 0.251 e. The molecule has 0 aromatic heterocycles. The van der Waals surface area contributed by atoms with E-state index in [0.29, 0.717) is 30.8 Å². The average Bonchev–Trinajstić information content (AvgIpc) is 3.10. The number of amides is 2. The van der Waals surface area contributed by atoms with Gasteiger partial charge in [-0.05, 0) is 42.7 Å². The van der Waals surface area contributed by atoms with Crippen LogP contribution < -0.4 is 16.0 Å². The minimum Gasteiger partial charge on any atom is -0.392 e. The monoisotopic (exact) mass is 389 g/mol. The number of hydrogen-bond acceptors (Lipinski definition) is 4. The minimum atomic E-state index is -0.479. The van der Waals surface area contributed by atoms with Gasteiger partial charge in [-0.15, -0.1) is 12.4 Å². The molecule has 1 saturated heterocycles. The first-order valence-electron chi connectivity index (χ1n) is 8.76. The number of carbonyl (C=O) groups excluding carboxylic acids is 2. The van der Waals surface area contributed by atoms with Crippen molar-refractivity contribution in [3.05, 3.63) is 65.7 Å². The van der Waals surface area contributed by atoms with Gasteiger partial charge in [-0.2, -0.15) is 0 Å². The van der Waals surface area contributed by atoms with Gasteiger partial charge in [0.25, 0.3) is 5.91 Å². The van der Waals surface area contributed by atoms with Crippen molar-refractivity contribution >= 4 is 29.9 Å². The highest BCUT2D eigenvalue weighted by molar-refractivity contribution is 5.97. The van der Waals surface area contributed by atoms with Gasteiger partial charge in [0.15, 0.2) is 0 Å². The molecule has 4 N–H and O–H groups in total. The zero-order valence-corrected chi connectivity index (χ0v) is 15.7. The van der Waals surface area contributed by atoms with Gasteiger partial charge in [0.05, 0.1) is 12.1 Å². The van der Waals surface area contributed by atoms with E-state index in [9.17, 15) is 14.7 Å². The molecule has 1 fully saturated rings. The standard InChI is InChI=1S/C20H23N3O3.ClH/c24-17-12-18(22-13-17)20(26)23-16-8-6-15(7-9-16)19(25)21-11-10-14-4-2-1-3-5-14;/h1-9,17-18,22,24H,10-13H2,(H,21,25)(H,23,26);1H. The van der Waals surface area contributed by atoms with E-state index in [1.807, 2.05) is 30.3 Å². The lowest BCUT2D eigenvalue weighted by atomic mass is 10.1. The van der Waals surface area contributed by atoms with Crippen LogP contribution in [0.5, 0.6) is 0 Å². The van der Waals surface area contributed by atoms with E-state index in [0.717, 1.165) is 6.42 Å². The van der Waals surface area contributed by atoms with E-state index in [-0.39, 0.29) is 30.3 Å². The van der Waals surface area contributed by atoms with E-state index in [2.05, 4.69) is 16.0 Å². The number of halogens is 1. The van der Waals surface area contributed by atoms with Crippen molar-refractivity contribution < 1.29 is 14.7 Å². The van der Waals surface area contributed by atoms with Gasteiger partial charge in [-0.1, -0.05) is 30.3 Å². The molecule has 144 valence electrons. The Labute approximate surface area is 164 Å². The Bertz CT molecular complexity index is 753. The molecule has 2 unspecified atom stereocenters. The second kappa shape index (κ2) is 10.1. The van der Waals surface area contributed by atoms with Crippen LogP contribution in [0.15, 0.2) is 54.6 Å². The largest absolute Gasteiger partial charge is 0.392 e. The average molecular weight is 390 g/mol. The predicted molar refractivity (Wildman–Crippen MR) is 107 cm³/mol. The highest BCUT2D eigenvalue weighted by atomic mass is 35.5. The fourth-order valence-electron chi connectivity index (χ4n) is 2.92. The van der Waals surface area contributed by atoms with Gasteiger partial charge in [0, 0.05) is 24.3 Å². The maximum absolute atomic E-state index is 12.2. The molecule has 1 aliphatic rings. The Morgan fingerprint density at radius 2 is 1.78 bits per heavy atom. The summed E-state index contributed by atoms with van der Waals surface area (Å²) in [4.78, 5) is 24.3. The lowest BCUT2D eigenvalue weighted by Gasteiger charge is -2.11. The van der Waals surface area contributed by atoms with Gasteiger partial charge in [-0.25, -0.2) is 0 Å². The summed E-state index contributed by atoms with van der Waals surface area (Å²) in [7, 11) is 0. The second-order valence-electron chi connectivity index (χ2n) is 6.41. The van der Waals surface area contributed by atoms with Crippen LogP contribution in [0.4, 0.5) is 5.69 Å². The molecule has 6 nitrogen and oxygen atoms in total. The molecule has 2 atom stereocenters. The lowest BCUT2D eigenvalue weighted by molar-refractivity contribution is -0.117. The molecular formula is C20H24ClN3O3. The maximum Gasteiger partial charge on any atom is 0.251 e. The van der Waals surface area contributed by atoms with Crippen LogP contribution in [0, 0.1) is 0 Å². The number of benzene rings is 2. The van der Waals surface area contributed by atoms with E-state index in [1.54, 1.807) is 24.3 Å². The maximum atomic E-state index is 12.2. The third-order valence-electron chi connectivity index (χ3n) is 4.38.